The van der Waals surface area contributed by atoms with Crippen LogP contribution in [0.15, 0.2) is 62.9 Å². The van der Waals surface area contributed by atoms with E-state index in [4.69, 9.17) is 11.6 Å². The zero-order valence-corrected chi connectivity index (χ0v) is 15.3. The lowest BCUT2D eigenvalue weighted by atomic mass is 10.2. The molecule has 2 aromatic carbocycles. The summed E-state index contributed by atoms with van der Waals surface area (Å²) in [7, 11) is 1.72. The molecule has 116 valence electrons. The van der Waals surface area contributed by atoms with Crippen LogP contribution in [0.3, 0.4) is 0 Å². The number of likely N-dealkylation sites (N-methyl/N-ethyl adjacent to an activating group) is 1. The van der Waals surface area contributed by atoms with Gasteiger partial charge < -0.3 is 0 Å². The summed E-state index contributed by atoms with van der Waals surface area (Å²) in [6, 6.07) is 15.1. The molecule has 0 aliphatic carbocycles. The summed E-state index contributed by atoms with van der Waals surface area (Å²) < 4.78 is 1.00. The maximum atomic E-state index is 12.4. The molecule has 1 aliphatic rings. The molecule has 3 rings (SSSR count). The Balaban J connectivity index is 1.89. The quantitative estimate of drug-likeness (QED) is 0.630. The van der Waals surface area contributed by atoms with Crippen LogP contribution >= 0.6 is 39.3 Å². The monoisotopic (exact) mass is 406 g/mol. The van der Waals surface area contributed by atoms with E-state index < -0.39 is 0 Å². The number of carbonyl (C=O) groups is 1. The minimum Gasteiger partial charge on any atom is -0.290 e. The summed E-state index contributed by atoms with van der Waals surface area (Å²) in [4.78, 5) is 19.1. The van der Waals surface area contributed by atoms with E-state index in [9.17, 15) is 4.79 Å². The third kappa shape index (κ3) is 3.86. The number of aliphatic imine (C=N–C) groups is 1. The Bertz CT molecular complexity index is 818. The first kappa shape index (κ1) is 16.3. The normalized spacial score (nSPS) is 18.2. The SMILES string of the molecule is CN1C(=O)/C(=C\c2ccc(Br)cc2)SC1=Nc1cccc(Cl)c1. The van der Waals surface area contributed by atoms with Crippen molar-refractivity contribution in [2.45, 2.75) is 0 Å². The van der Waals surface area contributed by atoms with Crippen LogP contribution < -0.4 is 0 Å². The summed E-state index contributed by atoms with van der Waals surface area (Å²) >= 11 is 10.7. The highest BCUT2D eigenvalue weighted by Crippen LogP contribution is 2.33. The Kier molecular flexibility index (Phi) is 4.90. The molecule has 6 heteroatoms. The van der Waals surface area contributed by atoms with E-state index in [1.807, 2.05) is 42.5 Å². The number of halogens is 2. The number of amides is 1. The molecule has 0 N–H and O–H groups in total. The van der Waals surface area contributed by atoms with Crippen LogP contribution in [0, 0.1) is 0 Å². The predicted octanol–water partition coefficient (Wildman–Crippen LogP) is 5.34. The van der Waals surface area contributed by atoms with E-state index in [1.165, 1.54) is 11.8 Å². The van der Waals surface area contributed by atoms with Gasteiger partial charge in [-0.3, -0.25) is 9.69 Å². The smallest absolute Gasteiger partial charge is 0.266 e. The van der Waals surface area contributed by atoms with E-state index in [0.29, 0.717) is 15.1 Å². The van der Waals surface area contributed by atoms with E-state index in [-0.39, 0.29) is 5.91 Å². The fourth-order valence-corrected chi connectivity index (χ4v) is 3.45. The van der Waals surface area contributed by atoms with Gasteiger partial charge in [-0.25, -0.2) is 4.99 Å². The molecule has 1 heterocycles. The first-order valence-electron chi connectivity index (χ1n) is 6.80. The Morgan fingerprint density at radius 2 is 1.96 bits per heavy atom. The van der Waals surface area contributed by atoms with Gasteiger partial charge in [-0.1, -0.05) is 45.7 Å². The minimum atomic E-state index is -0.0568. The lowest BCUT2D eigenvalue weighted by Crippen LogP contribution is -2.23. The molecular weight excluding hydrogens is 396 g/mol. The molecule has 0 radical (unpaired) electrons. The Morgan fingerprint density at radius 1 is 1.22 bits per heavy atom. The average Bonchev–Trinajstić information content (AvgIpc) is 2.78. The number of rotatable bonds is 2. The molecular formula is C17H12BrClN2OS. The second-order valence-corrected chi connectivity index (χ2v) is 7.26. The number of nitrogens with zero attached hydrogens (tertiary/aromatic N) is 2. The van der Waals surface area contributed by atoms with E-state index in [1.54, 1.807) is 24.1 Å². The van der Waals surface area contributed by atoms with Crippen LogP contribution in [0.4, 0.5) is 5.69 Å². The summed E-state index contributed by atoms with van der Waals surface area (Å²) in [5, 5.41) is 1.26. The van der Waals surface area contributed by atoms with E-state index in [0.717, 1.165) is 15.7 Å². The van der Waals surface area contributed by atoms with Crippen molar-refractivity contribution in [2.24, 2.45) is 4.99 Å². The highest BCUT2D eigenvalue weighted by Gasteiger charge is 2.30. The Hall–Kier alpha value is -1.56. The Labute approximate surface area is 152 Å². The van der Waals surface area contributed by atoms with Gasteiger partial charge in [-0.15, -0.1) is 0 Å². The molecule has 1 aliphatic heterocycles. The van der Waals surface area contributed by atoms with Crippen molar-refractivity contribution in [3.05, 3.63) is 68.5 Å². The summed E-state index contributed by atoms with van der Waals surface area (Å²) in [6.45, 7) is 0. The summed E-state index contributed by atoms with van der Waals surface area (Å²) in [5.41, 5.74) is 1.70. The molecule has 1 fully saturated rings. The number of carbonyl (C=O) groups excluding carboxylic acids is 1. The van der Waals surface area contributed by atoms with Gasteiger partial charge in [-0.05, 0) is 53.7 Å². The van der Waals surface area contributed by atoms with Crippen molar-refractivity contribution >= 4 is 62.1 Å². The Morgan fingerprint density at radius 3 is 2.65 bits per heavy atom. The van der Waals surface area contributed by atoms with Crippen molar-refractivity contribution in [3.8, 4) is 0 Å². The molecule has 1 saturated heterocycles. The second-order valence-electron chi connectivity index (χ2n) is 4.90. The van der Waals surface area contributed by atoms with Gasteiger partial charge >= 0.3 is 0 Å². The first-order valence-corrected chi connectivity index (χ1v) is 8.79. The van der Waals surface area contributed by atoms with Gasteiger partial charge in [0, 0.05) is 16.5 Å². The molecule has 1 amide bonds. The number of hydrogen-bond donors (Lipinski definition) is 0. The average molecular weight is 408 g/mol. The lowest BCUT2D eigenvalue weighted by molar-refractivity contribution is -0.121. The maximum absolute atomic E-state index is 12.4. The molecule has 23 heavy (non-hydrogen) atoms. The van der Waals surface area contributed by atoms with Gasteiger partial charge in [0.2, 0.25) is 0 Å². The van der Waals surface area contributed by atoms with Crippen molar-refractivity contribution in [2.75, 3.05) is 7.05 Å². The third-order valence-electron chi connectivity index (χ3n) is 3.20. The minimum absolute atomic E-state index is 0.0568. The van der Waals surface area contributed by atoms with Crippen LogP contribution in [-0.4, -0.2) is 23.0 Å². The maximum Gasteiger partial charge on any atom is 0.266 e. The van der Waals surface area contributed by atoms with Gasteiger partial charge in [0.15, 0.2) is 5.17 Å². The number of amidine groups is 1. The van der Waals surface area contributed by atoms with E-state index in [2.05, 4.69) is 20.9 Å². The largest absolute Gasteiger partial charge is 0.290 e. The van der Waals surface area contributed by atoms with E-state index >= 15 is 0 Å². The van der Waals surface area contributed by atoms with Crippen molar-refractivity contribution < 1.29 is 4.79 Å². The molecule has 0 aromatic heterocycles. The van der Waals surface area contributed by atoms with Crippen LogP contribution in [0.5, 0.6) is 0 Å². The fraction of sp³-hybridized carbons (Fsp3) is 0.0588. The number of hydrogen-bond acceptors (Lipinski definition) is 3. The zero-order valence-electron chi connectivity index (χ0n) is 12.2. The second kappa shape index (κ2) is 6.91. The highest BCUT2D eigenvalue weighted by atomic mass is 79.9. The van der Waals surface area contributed by atoms with Crippen LogP contribution in [0.25, 0.3) is 6.08 Å². The van der Waals surface area contributed by atoms with Gasteiger partial charge in [-0.2, -0.15) is 0 Å². The van der Waals surface area contributed by atoms with Crippen LogP contribution in [0.1, 0.15) is 5.56 Å². The van der Waals surface area contributed by atoms with Gasteiger partial charge in [0.25, 0.3) is 5.91 Å². The van der Waals surface area contributed by atoms with Crippen molar-refractivity contribution in [1.29, 1.82) is 0 Å². The molecule has 0 atom stereocenters. The zero-order chi connectivity index (χ0) is 16.4. The third-order valence-corrected chi connectivity index (χ3v) is 5.03. The standard InChI is InChI=1S/C17H12BrClN2OS/c1-21-16(22)15(9-11-5-7-12(18)8-6-11)23-17(21)20-14-4-2-3-13(19)10-14/h2-10H,1H3/b15-9+,20-17?. The fourth-order valence-electron chi connectivity index (χ4n) is 2.02. The van der Waals surface area contributed by atoms with Crippen LogP contribution in [-0.2, 0) is 4.79 Å². The molecule has 0 bridgehead atoms. The van der Waals surface area contributed by atoms with Crippen molar-refractivity contribution in [3.63, 3.8) is 0 Å². The topological polar surface area (TPSA) is 32.7 Å². The lowest BCUT2D eigenvalue weighted by Gasteiger charge is -2.07. The van der Waals surface area contributed by atoms with Gasteiger partial charge in [0.05, 0.1) is 10.6 Å². The molecule has 0 saturated carbocycles. The van der Waals surface area contributed by atoms with Crippen molar-refractivity contribution in [1.82, 2.24) is 4.90 Å². The highest BCUT2D eigenvalue weighted by molar-refractivity contribution is 9.10. The predicted molar refractivity (Wildman–Crippen MR) is 101 cm³/mol. The number of benzene rings is 2. The molecule has 2 aromatic rings. The number of thioether (sulfide) groups is 1. The molecule has 0 unspecified atom stereocenters. The van der Waals surface area contributed by atoms with Gasteiger partial charge in [0.1, 0.15) is 0 Å². The summed E-state index contributed by atoms with van der Waals surface area (Å²) in [6.07, 6.45) is 1.87. The van der Waals surface area contributed by atoms with Crippen LogP contribution in [0.2, 0.25) is 5.02 Å². The first-order chi connectivity index (χ1) is 11.0. The summed E-state index contributed by atoms with van der Waals surface area (Å²) in [5.74, 6) is -0.0568. The molecule has 3 nitrogen and oxygen atoms in total. The molecule has 0 spiro atoms.